The van der Waals surface area contributed by atoms with Crippen molar-refractivity contribution in [3.05, 3.63) is 35.9 Å². The lowest BCUT2D eigenvalue weighted by atomic mass is 9.92. The zero-order chi connectivity index (χ0) is 10.9. The average molecular weight is 205 g/mol. The van der Waals surface area contributed by atoms with E-state index in [1.807, 2.05) is 0 Å². The van der Waals surface area contributed by atoms with Crippen LogP contribution in [-0.4, -0.2) is 30.7 Å². The first-order valence-electron chi connectivity index (χ1n) is 5.49. The smallest absolute Gasteiger partial charge is 0.0903 e. The van der Waals surface area contributed by atoms with Crippen molar-refractivity contribution >= 4 is 0 Å². The van der Waals surface area contributed by atoms with Crippen LogP contribution in [0.5, 0.6) is 0 Å². The molecule has 1 aromatic rings. The summed E-state index contributed by atoms with van der Waals surface area (Å²) in [5.41, 5.74) is 1.46. The standard InChI is InChI=1S/C13H19NO/c1-11(12-7-5-4-6-8-12)14-9-13(2,10-14)15-3/h4-8,11H,9-10H2,1-3H3/t11-/m0/s1. The first-order valence-corrected chi connectivity index (χ1v) is 5.49. The Hall–Kier alpha value is -0.860. The molecule has 2 nitrogen and oxygen atoms in total. The Kier molecular flexibility index (Phi) is 2.81. The minimum atomic E-state index is 0.0725. The molecule has 15 heavy (non-hydrogen) atoms. The number of methoxy groups -OCH3 is 1. The highest BCUT2D eigenvalue weighted by Gasteiger charge is 2.40. The molecular weight excluding hydrogens is 186 g/mol. The molecule has 1 aliphatic rings. The molecule has 0 radical (unpaired) electrons. The van der Waals surface area contributed by atoms with Crippen LogP contribution in [0.25, 0.3) is 0 Å². The van der Waals surface area contributed by atoms with Crippen molar-refractivity contribution in [1.82, 2.24) is 4.90 Å². The molecule has 0 N–H and O–H groups in total. The molecule has 0 aliphatic carbocycles. The second-order valence-corrected chi connectivity index (χ2v) is 4.65. The first-order chi connectivity index (χ1) is 7.14. The molecular formula is C13H19NO. The Morgan fingerprint density at radius 1 is 1.27 bits per heavy atom. The van der Waals surface area contributed by atoms with E-state index in [1.54, 1.807) is 7.11 Å². The van der Waals surface area contributed by atoms with Crippen LogP contribution in [0.1, 0.15) is 25.5 Å². The molecule has 2 heteroatoms. The van der Waals surface area contributed by atoms with Crippen molar-refractivity contribution in [1.29, 1.82) is 0 Å². The van der Waals surface area contributed by atoms with Crippen molar-refractivity contribution in [2.45, 2.75) is 25.5 Å². The molecule has 0 amide bonds. The zero-order valence-electron chi connectivity index (χ0n) is 9.73. The summed E-state index contributed by atoms with van der Waals surface area (Å²) >= 11 is 0. The first kappa shape index (κ1) is 10.7. The van der Waals surface area contributed by atoms with E-state index in [9.17, 15) is 0 Å². The Balaban J connectivity index is 1.98. The lowest BCUT2D eigenvalue weighted by Gasteiger charge is -2.49. The van der Waals surface area contributed by atoms with Crippen molar-refractivity contribution in [3.8, 4) is 0 Å². The number of rotatable bonds is 3. The van der Waals surface area contributed by atoms with Gasteiger partial charge in [-0.1, -0.05) is 30.3 Å². The molecule has 1 atom stereocenters. The van der Waals surface area contributed by atoms with Gasteiger partial charge in [-0.25, -0.2) is 0 Å². The quantitative estimate of drug-likeness (QED) is 0.751. The van der Waals surface area contributed by atoms with Crippen LogP contribution in [0.15, 0.2) is 30.3 Å². The summed E-state index contributed by atoms with van der Waals surface area (Å²) in [5.74, 6) is 0. The van der Waals surface area contributed by atoms with Gasteiger partial charge in [-0.3, -0.25) is 4.90 Å². The van der Waals surface area contributed by atoms with E-state index in [4.69, 9.17) is 4.74 Å². The molecule has 0 saturated carbocycles. The lowest BCUT2D eigenvalue weighted by molar-refractivity contribution is -0.124. The van der Waals surface area contributed by atoms with Gasteiger partial charge in [0.25, 0.3) is 0 Å². The largest absolute Gasteiger partial charge is 0.376 e. The number of ether oxygens (including phenoxy) is 1. The van der Waals surface area contributed by atoms with Gasteiger partial charge in [-0.15, -0.1) is 0 Å². The molecule has 82 valence electrons. The maximum absolute atomic E-state index is 5.45. The third-order valence-corrected chi connectivity index (χ3v) is 3.40. The normalized spacial score (nSPS) is 22.1. The summed E-state index contributed by atoms with van der Waals surface area (Å²) < 4.78 is 5.45. The fourth-order valence-corrected chi connectivity index (χ4v) is 2.16. The molecule has 1 saturated heterocycles. The predicted octanol–water partition coefficient (Wildman–Crippen LogP) is 2.47. The molecule has 0 bridgehead atoms. The average Bonchev–Trinajstić information content (AvgIpc) is 2.25. The van der Waals surface area contributed by atoms with Gasteiger partial charge >= 0.3 is 0 Å². The van der Waals surface area contributed by atoms with Crippen LogP contribution < -0.4 is 0 Å². The maximum Gasteiger partial charge on any atom is 0.0903 e. The summed E-state index contributed by atoms with van der Waals surface area (Å²) in [6.07, 6.45) is 0. The summed E-state index contributed by atoms with van der Waals surface area (Å²) in [4.78, 5) is 2.44. The van der Waals surface area contributed by atoms with Crippen LogP contribution in [0.3, 0.4) is 0 Å². The predicted molar refractivity (Wildman–Crippen MR) is 61.8 cm³/mol. The van der Waals surface area contributed by atoms with Crippen LogP contribution >= 0.6 is 0 Å². The molecule has 1 heterocycles. The SMILES string of the molecule is COC1(C)CN([C@@H](C)c2ccccc2)C1. The third kappa shape index (κ3) is 2.06. The minimum absolute atomic E-state index is 0.0725. The fraction of sp³-hybridized carbons (Fsp3) is 0.538. The highest BCUT2D eigenvalue weighted by atomic mass is 16.5. The van der Waals surface area contributed by atoms with E-state index in [0.717, 1.165) is 13.1 Å². The number of hydrogen-bond acceptors (Lipinski definition) is 2. The van der Waals surface area contributed by atoms with E-state index in [0.29, 0.717) is 6.04 Å². The van der Waals surface area contributed by atoms with E-state index < -0.39 is 0 Å². The topological polar surface area (TPSA) is 12.5 Å². The number of hydrogen-bond donors (Lipinski definition) is 0. The molecule has 0 aromatic heterocycles. The Morgan fingerprint density at radius 2 is 1.87 bits per heavy atom. The molecule has 2 rings (SSSR count). The summed E-state index contributed by atoms with van der Waals surface area (Å²) in [5, 5.41) is 0. The minimum Gasteiger partial charge on any atom is -0.376 e. The van der Waals surface area contributed by atoms with Crippen molar-refractivity contribution in [2.75, 3.05) is 20.2 Å². The molecule has 0 spiro atoms. The Bertz CT molecular complexity index is 317. The van der Waals surface area contributed by atoms with Gasteiger partial charge in [0.05, 0.1) is 5.60 Å². The highest BCUT2D eigenvalue weighted by molar-refractivity contribution is 5.19. The van der Waals surface area contributed by atoms with Gasteiger partial charge < -0.3 is 4.74 Å². The summed E-state index contributed by atoms with van der Waals surface area (Å²) in [6.45, 7) is 6.48. The monoisotopic (exact) mass is 205 g/mol. The number of likely N-dealkylation sites (tertiary alicyclic amines) is 1. The number of benzene rings is 1. The van der Waals surface area contributed by atoms with E-state index in [2.05, 4.69) is 49.1 Å². The Morgan fingerprint density at radius 3 is 2.40 bits per heavy atom. The zero-order valence-corrected chi connectivity index (χ0v) is 9.73. The van der Waals surface area contributed by atoms with Gasteiger partial charge in [-0.05, 0) is 19.4 Å². The lowest BCUT2D eigenvalue weighted by Crippen LogP contribution is -2.61. The number of nitrogens with zero attached hydrogens (tertiary/aromatic N) is 1. The van der Waals surface area contributed by atoms with Gasteiger partial charge in [0.2, 0.25) is 0 Å². The second kappa shape index (κ2) is 3.95. The molecule has 1 aliphatic heterocycles. The third-order valence-electron chi connectivity index (χ3n) is 3.40. The summed E-state index contributed by atoms with van der Waals surface area (Å²) in [6, 6.07) is 11.1. The van der Waals surface area contributed by atoms with E-state index in [-0.39, 0.29) is 5.60 Å². The van der Waals surface area contributed by atoms with Crippen molar-refractivity contribution in [2.24, 2.45) is 0 Å². The highest BCUT2D eigenvalue weighted by Crippen LogP contribution is 2.32. The molecule has 1 fully saturated rings. The Labute approximate surface area is 91.9 Å². The van der Waals surface area contributed by atoms with E-state index >= 15 is 0 Å². The summed E-state index contributed by atoms with van der Waals surface area (Å²) in [7, 11) is 1.80. The van der Waals surface area contributed by atoms with Gasteiger partial charge in [0.1, 0.15) is 0 Å². The molecule has 0 unspecified atom stereocenters. The fourth-order valence-electron chi connectivity index (χ4n) is 2.16. The maximum atomic E-state index is 5.45. The van der Waals surface area contributed by atoms with Crippen molar-refractivity contribution in [3.63, 3.8) is 0 Å². The van der Waals surface area contributed by atoms with Gasteiger partial charge in [-0.2, -0.15) is 0 Å². The van der Waals surface area contributed by atoms with Crippen LogP contribution in [0.2, 0.25) is 0 Å². The van der Waals surface area contributed by atoms with Crippen molar-refractivity contribution < 1.29 is 4.74 Å². The van der Waals surface area contributed by atoms with Crippen LogP contribution in [0, 0.1) is 0 Å². The van der Waals surface area contributed by atoms with E-state index in [1.165, 1.54) is 5.56 Å². The van der Waals surface area contributed by atoms with Gasteiger partial charge in [0.15, 0.2) is 0 Å². The van der Waals surface area contributed by atoms with Gasteiger partial charge in [0, 0.05) is 26.2 Å². The molecule has 1 aromatic carbocycles. The second-order valence-electron chi connectivity index (χ2n) is 4.65. The van der Waals surface area contributed by atoms with Crippen LogP contribution in [0.4, 0.5) is 0 Å². The van der Waals surface area contributed by atoms with Crippen LogP contribution in [-0.2, 0) is 4.74 Å².